The van der Waals surface area contributed by atoms with Crippen LogP contribution in [0.25, 0.3) is 0 Å². The molecule has 0 aromatic heterocycles. The zero-order chi connectivity index (χ0) is 20.7. The van der Waals surface area contributed by atoms with Gasteiger partial charge in [-0.25, -0.2) is 4.79 Å². The van der Waals surface area contributed by atoms with Gasteiger partial charge in [0.25, 0.3) is 0 Å². The van der Waals surface area contributed by atoms with E-state index in [0.29, 0.717) is 43.0 Å². The molecule has 2 rings (SSSR count). The van der Waals surface area contributed by atoms with E-state index in [1.165, 1.54) is 0 Å². The van der Waals surface area contributed by atoms with Crippen molar-refractivity contribution in [1.82, 2.24) is 4.90 Å². The van der Waals surface area contributed by atoms with Gasteiger partial charge in [0.2, 0.25) is 5.91 Å². The maximum absolute atomic E-state index is 12.3. The Hall–Kier alpha value is -2.28. The molecule has 28 heavy (non-hydrogen) atoms. The Kier molecular flexibility index (Phi) is 7.69. The number of benzene rings is 1. The smallest absolute Gasteiger partial charge is 0.410 e. The van der Waals surface area contributed by atoms with Gasteiger partial charge in [-0.2, -0.15) is 0 Å². The monoisotopic (exact) mass is 392 g/mol. The summed E-state index contributed by atoms with van der Waals surface area (Å²) in [6.07, 6.45) is 2.39. The molecule has 156 valence electrons. The Morgan fingerprint density at radius 3 is 2.71 bits per heavy atom. The molecule has 2 N–H and O–H groups in total. The summed E-state index contributed by atoms with van der Waals surface area (Å²) in [5.41, 5.74) is 0.721. The van der Waals surface area contributed by atoms with Crippen molar-refractivity contribution in [2.75, 3.05) is 18.5 Å². The molecule has 0 aliphatic carbocycles. The van der Waals surface area contributed by atoms with Crippen molar-refractivity contribution in [3.05, 3.63) is 23.8 Å². The van der Waals surface area contributed by atoms with Gasteiger partial charge in [-0.3, -0.25) is 4.79 Å². The normalized spacial score (nSPS) is 16.8. The third-order valence-electron chi connectivity index (χ3n) is 4.52. The van der Waals surface area contributed by atoms with Crippen LogP contribution in [0.3, 0.4) is 0 Å². The second kappa shape index (κ2) is 9.78. The van der Waals surface area contributed by atoms with Gasteiger partial charge in [0.15, 0.2) is 0 Å². The quantitative estimate of drug-likeness (QED) is 0.739. The first-order valence-electron chi connectivity index (χ1n) is 9.89. The second-order valence-electron chi connectivity index (χ2n) is 7.97. The van der Waals surface area contributed by atoms with E-state index in [4.69, 9.17) is 9.47 Å². The zero-order valence-corrected chi connectivity index (χ0v) is 17.3. The highest BCUT2D eigenvalue weighted by atomic mass is 16.6. The number of anilines is 1. The Labute approximate surface area is 167 Å². The van der Waals surface area contributed by atoms with Gasteiger partial charge in [-0.1, -0.05) is 0 Å². The number of hydrogen-bond acceptors (Lipinski definition) is 5. The molecule has 0 spiro atoms. The van der Waals surface area contributed by atoms with Gasteiger partial charge in [-0.05, 0) is 65.2 Å². The van der Waals surface area contributed by atoms with Crippen molar-refractivity contribution in [1.29, 1.82) is 0 Å². The van der Waals surface area contributed by atoms with E-state index in [9.17, 15) is 14.7 Å². The number of nitrogens with one attached hydrogen (secondary N) is 1. The molecular weight excluding hydrogens is 360 g/mol. The minimum absolute atomic E-state index is 0.0222. The Morgan fingerprint density at radius 1 is 1.32 bits per heavy atom. The molecule has 1 aliphatic heterocycles. The zero-order valence-electron chi connectivity index (χ0n) is 17.3. The van der Waals surface area contributed by atoms with E-state index in [1.54, 1.807) is 23.1 Å². The Bertz CT molecular complexity index is 684. The molecule has 7 nitrogen and oxygen atoms in total. The summed E-state index contributed by atoms with van der Waals surface area (Å²) in [5, 5.41) is 12.3. The van der Waals surface area contributed by atoms with Crippen LogP contribution in [0.1, 0.15) is 58.9 Å². The fourth-order valence-electron chi connectivity index (χ4n) is 3.30. The summed E-state index contributed by atoms with van der Waals surface area (Å²) < 4.78 is 10.9. The lowest BCUT2D eigenvalue weighted by Crippen LogP contribution is -2.40. The predicted molar refractivity (Wildman–Crippen MR) is 107 cm³/mol. The Balaban J connectivity index is 1.89. The van der Waals surface area contributed by atoms with E-state index in [2.05, 4.69) is 5.32 Å². The van der Waals surface area contributed by atoms with E-state index in [-0.39, 0.29) is 24.6 Å². The third kappa shape index (κ3) is 6.41. The molecule has 0 radical (unpaired) electrons. The Morgan fingerprint density at radius 2 is 2.07 bits per heavy atom. The largest absolute Gasteiger partial charge is 0.494 e. The molecule has 0 unspecified atom stereocenters. The number of aliphatic hydroxyl groups excluding tert-OH is 1. The lowest BCUT2D eigenvalue weighted by atomic mass is 10.1. The summed E-state index contributed by atoms with van der Waals surface area (Å²) in [6.45, 7) is 8.43. The third-order valence-corrected chi connectivity index (χ3v) is 4.52. The molecule has 1 aromatic rings. The first-order chi connectivity index (χ1) is 13.2. The number of ether oxygens (including phenoxy) is 2. The molecule has 2 amide bonds. The standard InChI is InChI=1S/C21H32N2O5/c1-5-27-18-10-8-16(13-15(18)14-24)22-19(25)11-9-17-7-6-12-23(17)20(26)28-21(2,3)4/h8,10,13,17,24H,5-7,9,11-12,14H2,1-4H3,(H,22,25)/t17-/m0/s1. The van der Waals surface area contributed by atoms with Gasteiger partial charge < -0.3 is 24.8 Å². The first-order valence-corrected chi connectivity index (χ1v) is 9.89. The van der Waals surface area contributed by atoms with E-state index >= 15 is 0 Å². The summed E-state index contributed by atoms with van der Waals surface area (Å²) in [5.74, 6) is 0.492. The highest BCUT2D eigenvalue weighted by Gasteiger charge is 2.32. The van der Waals surface area contributed by atoms with Crippen molar-refractivity contribution >= 4 is 17.7 Å². The lowest BCUT2D eigenvalue weighted by Gasteiger charge is -2.28. The van der Waals surface area contributed by atoms with Crippen LogP contribution in [0, 0.1) is 0 Å². The van der Waals surface area contributed by atoms with E-state index in [1.807, 2.05) is 27.7 Å². The van der Waals surface area contributed by atoms with Crippen LogP contribution >= 0.6 is 0 Å². The molecule has 1 aliphatic rings. The van der Waals surface area contributed by atoms with Crippen molar-refractivity contribution in [2.24, 2.45) is 0 Å². The van der Waals surface area contributed by atoms with Gasteiger partial charge >= 0.3 is 6.09 Å². The number of aliphatic hydroxyl groups is 1. The average Bonchev–Trinajstić information content (AvgIpc) is 3.09. The topological polar surface area (TPSA) is 88.1 Å². The van der Waals surface area contributed by atoms with Crippen LogP contribution in [0.15, 0.2) is 18.2 Å². The second-order valence-corrected chi connectivity index (χ2v) is 7.97. The molecular formula is C21H32N2O5. The summed E-state index contributed by atoms with van der Waals surface area (Å²) in [7, 11) is 0. The number of rotatable bonds is 7. The summed E-state index contributed by atoms with van der Waals surface area (Å²) in [4.78, 5) is 26.4. The highest BCUT2D eigenvalue weighted by molar-refractivity contribution is 5.91. The lowest BCUT2D eigenvalue weighted by molar-refractivity contribution is -0.116. The van der Waals surface area contributed by atoms with Crippen LogP contribution < -0.4 is 10.1 Å². The molecule has 1 saturated heterocycles. The van der Waals surface area contributed by atoms with Gasteiger partial charge in [0.05, 0.1) is 13.2 Å². The number of likely N-dealkylation sites (tertiary alicyclic amines) is 1. The first kappa shape index (κ1) is 22.0. The minimum Gasteiger partial charge on any atom is -0.494 e. The molecule has 1 fully saturated rings. The number of amides is 2. The van der Waals surface area contributed by atoms with E-state index < -0.39 is 5.60 Å². The molecule has 1 aromatic carbocycles. The van der Waals surface area contributed by atoms with Crippen LogP contribution in [0.2, 0.25) is 0 Å². The molecule has 7 heteroatoms. The van der Waals surface area contributed by atoms with Crippen LogP contribution in [0.5, 0.6) is 5.75 Å². The van der Waals surface area contributed by atoms with Crippen molar-refractivity contribution in [3.8, 4) is 5.75 Å². The molecule has 0 saturated carbocycles. The highest BCUT2D eigenvalue weighted by Crippen LogP contribution is 2.25. The maximum Gasteiger partial charge on any atom is 0.410 e. The number of nitrogens with zero attached hydrogens (tertiary/aromatic N) is 1. The number of carbonyl (C=O) groups excluding carboxylic acids is 2. The number of carbonyl (C=O) groups is 2. The SMILES string of the molecule is CCOc1ccc(NC(=O)CC[C@@H]2CCCN2C(=O)OC(C)(C)C)cc1CO. The molecule has 0 bridgehead atoms. The average molecular weight is 392 g/mol. The van der Waals surface area contributed by atoms with Crippen molar-refractivity contribution in [3.63, 3.8) is 0 Å². The van der Waals surface area contributed by atoms with Crippen molar-refractivity contribution < 1.29 is 24.2 Å². The fourth-order valence-corrected chi connectivity index (χ4v) is 3.30. The van der Waals surface area contributed by atoms with Gasteiger partial charge in [0, 0.05) is 30.3 Å². The minimum atomic E-state index is -0.528. The molecule has 1 atom stereocenters. The fraction of sp³-hybridized carbons (Fsp3) is 0.619. The van der Waals surface area contributed by atoms with Gasteiger partial charge in [0.1, 0.15) is 11.4 Å². The van der Waals surface area contributed by atoms with Crippen LogP contribution in [-0.4, -0.2) is 46.8 Å². The van der Waals surface area contributed by atoms with Crippen molar-refractivity contribution in [2.45, 2.75) is 71.6 Å². The van der Waals surface area contributed by atoms with E-state index in [0.717, 1.165) is 12.8 Å². The maximum atomic E-state index is 12.3. The molecule has 1 heterocycles. The summed E-state index contributed by atoms with van der Waals surface area (Å²) >= 11 is 0. The summed E-state index contributed by atoms with van der Waals surface area (Å²) in [6, 6.07) is 5.23. The predicted octanol–water partition coefficient (Wildman–Crippen LogP) is 3.70. The van der Waals surface area contributed by atoms with Crippen LogP contribution in [-0.2, 0) is 16.1 Å². The number of hydrogen-bond donors (Lipinski definition) is 2. The van der Waals surface area contributed by atoms with Gasteiger partial charge in [-0.15, -0.1) is 0 Å². The van der Waals surface area contributed by atoms with Crippen LogP contribution in [0.4, 0.5) is 10.5 Å².